The molecule has 0 bridgehead atoms. The lowest BCUT2D eigenvalue weighted by atomic mass is 9.97. The average molecular weight is 746 g/mol. The number of hydrogen-bond acceptors (Lipinski definition) is 6. The van der Waals surface area contributed by atoms with Gasteiger partial charge in [0.2, 0.25) is 10.0 Å². The van der Waals surface area contributed by atoms with Crippen LogP contribution in [0, 0.1) is 5.82 Å². The standard InChI is InChI=1S/C36H39Cl2FN4O5S.CH4/c1-3-29-33(30(42-41-29)21-43(24-12-13-24)49(45,46)19-7-17-37)32-28(38)16-15-27-26(35(40-34(27)32)36(44)47-4-2)9-6-18-48-31-10-5-8-22-20-23(39)11-14-25(22)31;/h5,8,10-11,14-16,20,24,40H,3-4,6-7,9,12-13,17-19,21H2,1-2H3,(H,41,42);1H4. The minimum Gasteiger partial charge on any atom is -0.493 e. The van der Waals surface area contributed by atoms with Crippen molar-refractivity contribution in [2.24, 2.45) is 0 Å². The first kappa shape index (κ1) is 37.6. The smallest absolute Gasteiger partial charge is 0.355 e. The molecule has 13 heteroatoms. The third-order valence-corrected chi connectivity index (χ3v) is 11.3. The molecule has 0 unspecified atom stereocenters. The van der Waals surface area contributed by atoms with E-state index in [0.29, 0.717) is 65.5 Å². The molecular formula is C37H43Cl2FN4O5S. The van der Waals surface area contributed by atoms with E-state index in [1.54, 1.807) is 23.4 Å². The van der Waals surface area contributed by atoms with Crippen molar-refractivity contribution in [2.45, 2.75) is 72.4 Å². The Morgan fingerprint density at radius 1 is 1.08 bits per heavy atom. The number of benzene rings is 3. The molecule has 0 saturated heterocycles. The zero-order valence-corrected chi connectivity index (χ0v) is 29.8. The molecule has 0 amide bonds. The van der Waals surface area contributed by atoms with Gasteiger partial charge in [0.05, 0.1) is 47.4 Å². The molecule has 2 N–H and O–H groups in total. The number of sulfonamides is 1. The van der Waals surface area contributed by atoms with Gasteiger partial charge >= 0.3 is 5.97 Å². The molecule has 5 aromatic rings. The van der Waals surface area contributed by atoms with Crippen molar-refractivity contribution < 1.29 is 27.1 Å². The maximum Gasteiger partial charge on any atom is 0.355 e. The topological polar surface area (TPSA) is 117 Å². The molecule has 1 saturated carbocycles. The second-order valence-corrected chi connectivity index (χ2v) is 15.0. The van der Waals surface area contributed by atoms with Gasteiger partial charge in [-0.25, -0.2) is 17.6 Å². The number of H-pyrrole nitrogens is 2. The van der Waals surface area contributed by atoms with Gasteiger partial charge in [-0.15, -0.1) is 11.6 Å². The molecule has 0 atom stereocenters. The fraction of sp³-hybridized carbons (Fsp3) is 0.405. The summed E-state index contributed by atoms with van der Waals surface area (Å²) in [6.07, 6.45) is 3.59. The first-order chi connectivity index (χ1) is 23.7. The van der Waals surface area contributed by atoms with Crippen LogP contribution in [0.15, 0.2) is 48.5 Å². The van der Waals surface area contributed by atoms with Crippen LogP contribution in [0.5, 0.6) is 5.75 Å². The van der Waals surface area contributed by atoms with Gasteiger partial charge < -0.3 is 14.5 Å². The van der Waals surface area contributed by atoms with E-state index < -0.39 is 16.0 Å². The first-order valence-corrected chi connectivity index (χ1v) is 19.1. The number of aromatic amines is 2. The highest BCUT2D eigenvalue weighted by molar-refractivity contribution is 7.89. The summed E-state index contributed by atoms with van der Waals surface area (Å²) in [5.41, 5.74) is 4.46. The number of hydrogen-bond donors (Lipinski definition) is 2. The maximum atomic E-state index is 13.8. The summed E-state index contributed by atoms with van der Waals surface area (Å²) in [5.74, 6) is 0.0935. The lowest BCUT2D eigenvalue weighted by molar-refractivity contribution is 0.0519. The fourth-order valence-corrected chi connectivity index (χ4v) is 8.65. The number of rotatable bonds is 16. The van der Waals surface area contributed by atoms with E-state index in [4.69, 9.17) is 32.7 Å². The largest absolute Gasteiger partial charge is 0.493 e. The Bertz CT molecular complexity index is 2090. The van der Waals surface area contributed by atoms with Gasteiger partial charge in [0.1, 0.15) is 17.3 Å². The van der Waals surface area contributed by atoms with Gasteiger partial charge in [-0.1, -0.05) is 44.2 Å². The number of nitrogens with zero attached hydrogens (tertiary/aromatic N) is 2. The highest BCUT2D eigenvalue weighted by Crippen LogP contribution is 2.42. The van der Waals surface area contributed by atoms with Crippen molar-refractivity contribution in [3.05, 3.63) is 82.0 Å². The van der Waals surface area contributed by atoms with Gasteiger partial charge in [-0.05, 0) is 86.7 Å². The Morgan fingerprint density at radius 2 is 1.86 bits per heavy atom. The van der Waals surface area contributed by atoms with Crippen molar-refractivity contribution in [3.8, 4) is 16.9 Å². The van der Waals surface area contributed by atoms with Crippen LogP contribution in [-0.4, -0.2) is 64.8 Å². The second kappa shape index (κ2) is 16.1. The van der Waals surface area contributed by atoms with Crippen molar-refractivity contribution in [3.63, 3.8) is 0 Å². The van der Waals surface area contributed by atoms with Crippen LogP contribution in [0.2, 0.25) is 5.02 Å². The first-order valence-electron chi connectivity index (χ1n) is 16.6. The number of aromatic nitrogens is 3. The summed E-state index contributed by atoms with van der Waals surface area (Å²) in [7, 11) is -3.57. The number of fused-ring (bicyclic) bond motifs is 2. The monoisotopic (exact) mass is 744 g/mol. The maximum absolute atomic E-state index is 13.8. The summed E-state index contributed by atoms with van der Waals surface area (Å²) < 4.78 is 53.7. The number of halogens is 3. The Balaban J connectivity index is 0.00000486. The van der Waals surface area contributed by atoms with E-state index >= 15 is 0 Å². The molecule has 0 radical (unpaired) electrons. The Labute approximate surface area is 302 Å². The summed E-state index contributed by atoms with van der Waals surface area (Å²) in [5, 5.41) is 10.5. The van der Waals surface area contributed by atoms with Crippen LogP contribution >= 0.6 is 23.2 Å². The van der Waals surface area contributed by atoms with Crippen LogP contribution in [0.1, 0.15) is 74.4 Å². The number of esters is 1. The van der Waals surface area contributed by atoms with E-state index in [9.17, 15) is 17.6 Å². The SMILES string of the molecule is C.CCOC(=O)c1[nH]c2c(-c3c(CC)n[nH]c3CN(C3CC3)S(=O)(=O)CCCCl)c(Cl)ccc2c1CCCOc1cccc2cc(F)ccc12. The lowest BCUT2D eigenvalue weighted by Gasteiger charge is -2.22. The Kier molecular flexibility index (Phi) is 12.1. The third kappa shape index (κ3) is 7.81. The van der Waals surface area contributed by atoms with Gasteiger partial charge in [0.15, 0.2) is 0 Å². The minimum absolute atomic E-state index is 0. The predicted molar refractivity (Wildman–Crippen MR) is 198 cm³/mol. The van der Waals surface area contributed by atoms with Crippen LogP contribution < -0.4 is 4.74 Å². The molecule has 2 aromatic heterocycles. The van der Waals surface area contributed by atoms with Crippen molar-refractivity contribution >= 4 is 60.9 Å². The van der Waals surface area contributed by atoms with E-state index in [1.807, 2.05) is 31.2 Å². The summed E-state index contributed by atoms with van der Waals surface area (Å²) in [6, 6.07) is 13.7. The molecule has 1 aliphatic carbocycles. The highest BCUT2D eigenvalue weighted by Gasteiger charge is 2.38. The molecule has 0 aliphatic heterocycles. The number of nitrogens with one attached hydrogen (secondary N) is 2. The van der Waals surface area contributed by atoms with Crippen molar-refractivity contribution in [1.82, 2.24) is 19.5 Å². The van der Waals surface area contributed by atoms with Crippen LogP contribution in [-0.2, 0) is 34.1 Å². The van der Waals surface area contributed by atoms with Gasteiger partial charge in [0.25, 0.3) is 0 Å². The average Bonchev–Trinajstić information content (AvgIpc) is 3.74. The van der Waals surface area contributed by atoms with Crippen LogP contribution in [0.3, 0.4) is 0 Å². The van der Waals surface area contributed by atoms with Gasteiger partial charge in [0, 0.05) is 33.8 Å². The molecule has 1 aliphatic rings. The molecule has 1 fully saturated rings. The highest BCUT2D eigenvalue weighted by atomic mass is 35.5. The quantitative estimate of drug-likeness (QED) is 0.0593. The van der Waals surface area contributed by atoms with E-state index in [2.05, 4.69) is 15.2 Å². The lowest BCUT2D eigenvalue weighted by Crippen LogP contribution is -2.35. The molecular weight excluding hydrogens is 702 g/mol. The molecule has 50 heavy (non-hydrogen) atoms. The fourth-order valence-electron chi connectivity index (χ4n) is 6.37. The zero-order chi connectivity index (χ0) is 34.7. The molecule has 2 heterocycles. The van der Waals surface area contributed by atoms with Crippen LogP contribution in [0.25, 0.3) is 32.8 Å². The Hall–Kier alpha value is -3.64. The summed E-state index contributed by atoms with van der Waals surface area (Å²) >= 11 is 12.8. The number of carbonyl (C=O) groups excluding carboxylic acids is 1. The Morgan fingerprint density at radius 3 is 2.58 bits per heavy atom. The molecule has 6 rings (SSSR count). The summed E-state index contributed by atoms with van der Waals surface area (Å²) in [6.45, 7) is 4.40. The van der Waals surface area contributed by atoms with Crippen molar-refractivity contribution in [2.75, 3.05) is 24.8 Å². The van der Waals surface area contributed by atoms with E-state index in [-0.39, 0.29) is 44.1 Å². The summed E-state index contributed by atoms with van der Waals surface area (Å²) in [4.78, 5) is 16.6. The normalized spacial score (nSPS) is 13.2. The van der Waals surface area contributed by atoms with Crippen LogP contribution in [0.4, 0.5) is 4.39 Å². The third-order valence-electron chi connectivity index (χ3n) is 8.80. The van der Waals surface area contributed by atoms with Gasteiger partial charge in [-0.3, -0.25) is 5.10 Å². The molecule has 3 aromatic carbocycles. The second-order valence-electron chi connectivity index (χ2n) is 12.1. The molecule has 0 spiro atoms. The zero-order valence-electron chi connectivity index (χ0n) is 27.5. The number of aryl methyl sites for hydroxylation is 2. The van der Waals surface area contributed by atoms with Crippen molar-refractivity contribution in [1.29, 1.82) is 0 Å². The molecule has 9 nitrogen and oxygen atoms in total. The molecule has 268 valence electrons. The van der Waals surface area contributed by atoms with Gasteiger partial charge in [-0.2, -0.15) is 9.40 Å². The number of ether oxygens (including phenoxy) is 2. The number of alkyl halides is 1. The predicted octanol–water partition coefficient (Wildman–Crippen LogP) is 8.81. The van der Waals surface area contributed by atoms with E-state index in [1.165, 1.54) is 12.1 Å². The number of carbonyl (C=O) groups is 1. The minimum atomic E-state index is -3.57. The van der Waals surface area contributed by atoms with E-state index in [0.717, 1.165) is 45.8 Å².